The summed E-state index contributed by atoms with van der Waals surface area (Å²) < 4.78 is 22.0. The van der Waals surface area contributed by atoms with Gasteiger partial charge >= 0.3 is 0 Å². The first-order valence-electron chi connectivity index (χ1n) is 14.2. The summed E-state index contributed by atoms with van der Waals surface area (Å²) in [5.74, 6) is 0.151. The first-order chi connectivity index (χ1) is 21.5. The monoisotopic (exact) mass is 605 g/mol. The van der Waals surface area contributed by atoms with E-state index in [1.807, 2.05) is 83.4 Å². The summed E-state index contributed by atoms with van der Waals surface area (Å²) in [5, 5.41) is 9.73. The van der Waals surface area contributed by atoms with Crippen LogP contribution < -0.4 is 9.64 Å². The maximum absolute atomic E-state index is 13.8. The normalized spacial score (nSPS) is 13.6. The van der Waals surface area contributed by atoms with Gasteiger partial charge in [0.15, 0.2) is 0 Å². The van der Waals surface area contributed by atoms with Crippen LogP contribution in [0.15, 0.2) is 104 Å². The molecule has 0 N–H and O–H groups in total. The van der Waals surface area contributed by atoms with Gasteiger partial charge in [-0.3, -0.25) is 9.69 Å². The molecule has 44 heavy (non-hydrogen) atoms. The quantitative estimate of drug-likeness (QED) is 0.187. The van der Waals surface area contributed by atoms with Crippen LogP contribution in [0.25, 0.3) is 11.1 Å². The molecule has 6 rings (SSSR count). The highest BCUT2D eigenvalue weighted by atomic mass is 35.5. The molecule has 7 nitrogen and oxygen atoms in total. The van der Waals surface area contributed by atoms with Gasteiger partial charge in [0.25, 0.3) is 0 Å². The van der Waals surface area contributed by atoms with Crippen molar-refractivity contribution in [2.45, 2.75) is 19.7 Å². The molecule has 220 valence electrons. The summed E-state index contributed by atoms with van der Waals surface area (Å²) in [7, 11) is 0. The van der Waals surface area contributed by atoms with Gasteiger partial charge in [-0.1, -0.05) is 72.3 Å². The van der Waals surface area contributed by atoms with Crippen molar-refractivity contribution in [3.63, 3.8) is 0 Å². The van der Waals surface area contributed by atoms with E-state index in [4.69, 9.17) is 16.3 Å². The number of imidazole rings is 1. The molecule has 4 aromatic carbocycles. The molecule has 0 aliphatic carbocycles. The van der Waals surface area contributed by atoms with E-state index in [-0.39, 0.29) is 18.0 Å². The lowest BCUT2D eigenvalue weighted by Crippen LogP contribution is -2.50. The number of hydrogen-bond acceptors (Lipinski definition) is 5. The van der Waals surface area contributed by atoms with E-state index in [0.29, 0.717) is 37.8 Å². The Morgan fingerprint density at radius 3 is 2.55 bits per heavy atom. The van der Waals surface area contributed by atoms with Crippen LogP contribution >= 0.6 is 11.6 Å². The van der Waals surface area contributed by atoms with Crippen molar-refractivity contribution in [1.82, 2.24) is 14.5 Å². The smallest absolute Gasteiger partial charge is 0.241 e. The molecule has 0 atom stereocenters. The van der Waals surface area contributed by atoms with E-state index in [2.05, 4.69) is 9.88 Å². The number of nitrogens with zero attached hydrogens (tertiary/aromatic N) is 5. The third-order valence-corrected chi connectivity index (χ3v) is 7.89. The Kier molecular flexibility index (Phi) is 8.69. The summed E-state index contributed by atoms with van der Waals surface area (Å²) in [6, 6.07) is 29.8. The third kappa shape index (κ3) is 6.50. The van der Waals surface area contributed by atoms with Crippen LogP contribution in [0.4, 0.5) is 10.1 Å². The highest BCUT2D eigenvalue weighted by molar-refractivity contribution is 6.31. The second-order valence-corrected chi connectivity index (χ2v) is 11.1. The second kappa shape index (κ2) is 13.1. The zero-order chi connectivity index (χ0) is 30.5. The van der Waals surface area contributed by atoms with Crippen LogP contribution in [-0.2, 0) is 24.5 Å². The van der Waals surface area contributed by atoms with E-state index in [0.717, 1.165) is 39.4 Å². The molecule has 1 saturated heterocycles. The number of piperazine rings is 1. The van der Waals surface area contributed by atoms with E-state index in [9.17, 15) is 14.4 Å². The highest BCUT2D eigenvalue weighted by Gasteiger charge is 2.28. The standard InChI is InChI=1S/C35H29ClFN5O2/c36-28-11-12-30(31-8-4-5-9-34(31)44-23-25-6-2-1-3-7-25)33(17-28)42-15-14-40(22-35(42)43)21-29-19-39-24-41(29)20-26-10-13-32(37)27(16-26)18-38/h1-13,16-17,19,24H,14-15,20-23H2. The van der Waals surface area contributed by atoms with Crippen molar-refractivity contribution in [1.29, 1.82) is 5.26 Å². The molecule has 1 fully saturated rings. The summed E-state index contributed by atoms with van der Waals surface area (Å²) >= 11 is 6.46. The Morgan fingerprint density at radius 1 is 0.909 bits per heavy atom. The molecular formula is C35H29ClFN5O2. The van der Waals surface area contributed by atoms with Gasteiger partial charge in [-0.25, -0.2) is 9.37 Å². The van der Waals surface area contributed by atoms with Crippen LogP contribution in [0.5, 0.6) is 5.75 Å². The fraction of sp³-hybridized carbons (Fsp3) is 0.171. The number of rotatable bonds is 9. The van der Waals surface area contributed by atoms with Gasteiger partial charge in [0.1, 0.15) is 24.2 Å². The lowest BCUT2D eigenvalue weighted by molar-refractivity contribution is -0.121. The predicted molar refractivity (Wildman–Crippen MR) is 168 cm³/mol. The maximum Gasteiger partial charge on any atom is 0.241 e. The van der Waals surface area contributed by atoms with Gasteiger partial charge in [-0.2, -0.15) is 5.26 Å². The molecule has 9 heteroatoms. The zero-order valence-electron chi connectivity index (χ0n) is 23.9. The fourth-order valence-electron chi connectivity index (χ4n) is 5.42. The molecule has 1 amide bonds. The van der Waals surface area contributed by atoms with Crippen molar-refractivity contribution in [3.8, 4) is 22.9 Å². The Morgan fingerprint density at radius 2 is 1.73 bits per heavy atom. The number of hydrogen-bond donors (Lipinski definition) is 0. The molecule has 0 unspecified atom stereocenters. The lowest BCUT2D eigenvalue weighted by atomic mass is 10.0. The number of para-hydroxylation sites is 1. The Balaban J connectivity index is 1.18. The molecule has 1 aromatic heterocycles. The number of benzene rings is 4. The van der Waals surface area contributed by atoms with Gasteiger partial charge in [-0.15, -0.1) is 0 Å². The Hall–Kier alpha value is -4.97. The summed E-state index contributed by atoms with van der Waals surface area (Å²) in [6.07, 6.45) is 3.48. The topological polar surface area (TPSA) is 74.4 Å². The summed E-state index contributed by atoms with van der Waals surface area (Å²) in [4.78, 5) is 21.8. The van der Waals surface area contributed by atoms with Crippen LogP contribution in [-0.4, -0.2) is 40.0 Å². The van der Waals surface area contributed by atoms with Gasteiger partial charge in [-0.05, 0) is 41.5 Å². The van der Waals surface area contributed by atoms with Crippen LogP contribution in [0.3, 0.4) is 0 Å². The van der Waals surface area contributed by atoms with Crippen molar-refractivity contribution in [2.75, 3.05) is 24.5 Å². The van der Waals surface area contributed by atoms with Crippen LogP contribution in [0, 0.1) is 17.1 Å². The zero-order valence-corrected chi connectivity index (χ0v) is 24.6. The fourth-order valence-corrected chi connectivity index (χ4v) is 5.59. The number of aromatic nitrogens is 2. The number of amides is 1. The first-order valence-corrected chi connectivity index (χ1v) is 14.6. The molecule has 5 aromatic rings. The minimum absolute atomic E-state index is 0.0108. The van der Waals surface area contributed by atoms with Gasteiger partial charge in [0.05, 0.1) is 29.8 Å². The van der Waals surface area contributed by atoms with Gasteiger partial charge in [0, 0.05) is 48.5 Å². The van der Waals surface area contributed by atoms with Gasteiger partial charge in [0.2, 0.25) is 5.91 Å². The third-order valence-electron chi connectivity index (χ3n) is 7.65. The van der Waals surface area contributed by atoms with Crippen molar-refractivity contribution in [2.24, 2.45) is 0 Å². The highest BCUT2D eigenvalue weighted by Crippen LogP contribution is 2.39. The number of ether oxygens (including phenoxy) is 1. The average molecular weight is 606 g/mol. The van der Waals surface area contributed by atoms with Crippen molar-refractivity contribution < 1.29 is 13.9 Å². The molecule has 1 aliphatic rings. The number of carbonyl (C=O) groups excluding carboxylic acids is 1. The van der Waals surface area contributed by atoms with Crippen LogP contribution in [0.1, 0.15) is 22.4 Å². The van der Waals surface area contributed by atoms with Crippen LogP contribution in [0.2, 0.25) is 5.02 Å². The Labute approximate surface area is 260 Å². The molecule has 0 spiro atoms. The van der Waals surface area contributed by atoms with Crippen molar-refractivity contribution in [3.05, 3.63) is 137 Å². The Bertz CT molecular complexity index is 1830. The summed E-state index contributed by atoms with van der Waals surface area (Å²) in [5.41, 5.74) is 5.29. The second-order valence-electron chi connectivity index (χ2n) is 10.6. The first kappa shape index (κ1) is 29.1. The SMILES string of the molecule is N#Cc1cc(Cn2cncc2CN2CCN(c3cc(Cl)ccc3-c3ccccc3OCc3ccccc3)C(=O)C2)ccc1F. The van der Waals surface area contributed by atoms with Gasteiger partial charge < -0.3 is 14.2 Å². The van der Waals surface area contributed by atoms with E-state index in [1.54, 1.807) is 29.6 Å². The maximum atomic E-state index is 13.8. The summed E-state index contributed by atoms with van der Waals surface area (Å²) in [6.45, 7) is 2.73. The number of halogens is 2. The number of anilines is 1. The minimum Gasteiger partial charge on any atom is -0.488 e. The molecule has 0 saturated carbocycles. The number of carbonyl (C=O) groups is 1. The lowest BCUT2D eigenvalue weighted by Gasteiger charge is -2.35. The van der Waals surface area contributed by atoms with E-state index >= 15 is 0 Å². The van der Waals surface area contributed by atoms with E-state index < -0.39 is 5.82 Å². The molecule has 0 bridgehead atoms. The predicted octanol–water partition coefficient (Wildman–Crippen LogP) is 6.69. The molecule has 0 radical (unpaired) electrons. The molecular weight excluding hydrogens is 577 g/mol. The molecule has 1 aliphatic heterocycles. The van der Waals surface area contributed by atoms with Crippen molar-refractivity contribution >= 4 is 23.2 Å². The number of nitriles is 1. The minimum atomic E-state index is -0.537. The average Bonchev–Trinajstić information content (AvgIpc) is 3.47. The molecule has 2 heterocycles. The largest absolute Gasteiger partial charge is 0.488 e. The van der Waals surface area contributed by atoms with E-state index in [1.165, 1.54) is 6.07 Å².